The van der Waals surface area contributed by atoms with Crippen molar-refractivity contribution in [2.24, 2.45) is 0 Å². The molecular weight excluding hydrogens is 234 g/mol. The van der Waals surface area contributed by atoms with Crippen LogP contribution in [0.25, 0.3) is 0 Å². The first-order valence-corrected chi connectivity index (χ1v) is 5.88. The molecule has 5 nitrogen and oxygen atoms in total. The molecular formula is C13H15NO4. The molecule has 0 aliphatic carbocycles. The Labute approximate surface area is 105 Å². The third-order valence-corrected chi connectivity index (χ3v) is 2.94. The van der Waals surface area contributed by atoms with E-state index in [4.69, 9.17) is 4.74 Å². The van der Waals surface area contributed by atoms with E-state index in [1.165, 1.54) is 4.90 Å². The fraction of sp³-hybridized carbons (Fsp3) is 0.385. The number of rotatable bonds is 3. The van der Waals surface area contributed by atoms with Crippen molar-refractivity contribution in [2.75, 3.05) is 6.61 Å². The summed E-state index contributed by atoms with van der Waals surface area (Å²) in [6.07, 6.45) is 0.254. The number of benzene rings is 1. The highest BCUT2D eigenvalue weighted by Gasteiger charge is 2.36. The quantitative estimate of drug-likeness (QED) is 0.885. The second-order valence-corrected chi connectivity index (χ2v) is 4.22. The van der Waals surface area contributed by atoms with Crippen LogP contribution in [0.4, 0.5) is 4.79 Å². The van der Waals surface area contributed by atoms with Gasteiger partial charge in [-0.15, -0.1) is 0 Å². The van der Waals surface area contributed by atoms with Gasteiger partial charge in [0.1, 0.15) is 12.4 Å². The molecule has 2 rings (SSSR count). The molecule has 5 heteroatoms. The number of carbonyl (C=O) groups excluding carboxylic acids is 2. The van der Waals surface area contributed by atoms with Crippen molar-refractivity contribution in [3.63, 3.8) is 0 Å². The van der Waals surface area contributed by atoms with Gasteiger partial charge in [-0.25, -0.2) is 9.69 Å². The minimum atomic E-state index is -0.564. The SMILES string of the molecule is CCC(=O)N1C(=O)OC[C@@H]1Cc1ccc(O)cc1. The zero-order valence-corrected chi connectivity index (χ0v) is 10.1. The Bertz CT molecular complexity index is 455. The molecule has 1 aliphatic rings. The Morgan fingerprint density at radius 3 is 2.72 bits per heavy atom. The third-order valence-electron chi connectivity index (χ3n) is 2.94. The summed E-state index contributed by atoms with van der Waals surface area (Å²) >= 11 is 0. The number of nitrogens with zero attached hydrogens (tertiary/aromatic N) is 1. The highest BCUT2D eigenvalue weighted by Crippen LogP contribution is 2.19. The van der Waals surface area contributed by atoms with Gasteiger partial charge < -0.3 is 9.84 Å². The molecule has 1 aliphatic heterocycles. The van der Waals surface area contributed by atoms with Gasteiger partial charge in [0.05, 0.1) is 6.04 Å². The molecule has 0 unspecified atom stereocenters. The van der Waals surface area contributed by atoms with E-state index in [9.17, 15) is 14.7 Å². The van der Waals surface area contributed by atoms with Crippen LogP contribution in [0.5, 0.6) is 5.75 Å². The molecule has 0 bridgehead atoms. The van der Waals surface area contributed by atoms with Crippen molar-refractivity contribution in [3.05, 3.63) is 29.8 Å². The number of hydrogen-bond donors (Lipinski definition) is 1. The second kappa shape index (κ2) is 5.08. The average molecular weight is 249 g/mol. The summed E-state index contributed by atoms with van der Waals surface area (Å²) in [6, 6.07) is 6.45. The van der Waals surface area contributed by atoms with Crippen LogP contribution in [-0.2, 0) is 16.0 Å². The van der Waals surface area contributed by atoms with Crippen molar-refractivity contribution in [1.82, 2.24) is 4.90 Å². The van der Waals surface area contributed by atoms with Gasteiger partial charge in [0.2, 0.25) is 5.91 Å². The molecule has 1 aromatic carbocycles. The molecule has 1 N–H and O–H groups in total. The fourth-order valence-corrected chi connectivity index (χ4v) is 1.99. The maximum Gasteiger partial charge on any atom is 0.416 e. The molecule has 1 heterocycles. The summed E-state index contributed by atoms with van der Waals surface area (Å²) in [7, 11) is 0. The van der Waals surface area contributed by atoms with Gasteiger partial charge >= 0.3 is 6.09 Å². The van der Waals surface area contributed by atoms with Crippen molar-refractivity contribution in [3.8, 4) is 5.75 Å². The molecule has 0 saturated carbocycles. The lowest BCUT2D eigenvalue weighted by Crippen LogP contribution is -2.39. The number of imide groups is 1. The Morgan fingerprint density at radius 2 is 2.11 bits per heavy atom. The lowest BCUT2D eigenvalue weighted by atomic mass is 10.1. The number of aromatic hydroxyl groups is 1. The lowest BCUT2D eigenvalue weighted by molar-refractivity contribution is -0.128. The summed E-state index contributed by atoms with van der Waals surface area (Å²) in [5, 5.41) is 9.19. The van der Waals surface area contributed by atoms with Gasteiger partial charge in [-0.3, -0.25) is 4.79 Å². The Kier molecular flexibility index (Phi) is 3.50. The minimum absolute atomic E-state index is 0.194. The van der Waals surface area contributed by atoms with Crippen LogP contribution < -0.4 is 0 Å². The Hall–Kier alpha value is -2.04. The molecule has 1 aromatic rings. The van der Waals surface area contributed by atoms with E-state index in [1.807, 2.05) is 0 Å². The van der Waals surface area contributed by atoms with Gasteiger partial charge in [0.25, 0.3) is 0 Å². The zero-order chi connectivity index (χ0) is 13.1. The predicted molar refractivity (Wildman–Crippen MR) is 64.1 cm³/mol. The molecule has 0 aromatic heterocycles. The number of phenolic OH excluding ortho intramolecular Hbond substituents is 1. The molecule has 1 saturated heterocycles. The number of carbonyl (C=O) groups is 2. The van der Waals surface area contributed by atoms with E-state index in [1.54, 1.807) is 31.2 Å². The van der Waals surface area contributed by atoms with Gasteiger partial charge in [-0.2, -0.15) is 0 Å². The molecule has 0 radical (unpaired) electrons. The summed E-state index contributed by atoms with van der Waals surface area (Å²) < 4.78 is 4.91. The van der Waals surface area contributed by atoms with Crippen LogP contribution in [0, 0.1) is 0 Å². The van der Waals surface area contributed by atoms with Crippen molar-refractivity contribution >= 4 is 12.0 Å². The first-order valence-electron chi connectivity index (χ1n) is 5.88. The molecule has 96 valence electrons. The number of cyclic esters (lactones) is 1. The van der Waals surface area contributed by atoms with E-state index in [2.05, 4.69) is 0 Å². The van der Waals surface area contributed by atoms with Gasteiger partial charge in [0.15, 0.2) is 0 Å². The number of hydrogen-bond acceptors (Lipinski definition) is 4. The van der Waals surface area contributed by atoms with Crippen molar-refractivity contribution in [1.29, 1.82) is 0 Å². The highest BCUT2D eigenvalue weighted by atomic mass is 16.6. The van der Waals surface area contributed by atoms with E-state index in [0.717, 1.165) is 5.56 Å². The van der Waals surface area contributed by atoms with Crippen molar-refractivity contribution in [2.45, 2.75) is 25.8 Å². The highest BCUT2D eigenvalue weighted by molar-refractivity contribution is 5.93. The summed E-state index contributed by atoms with van der Waals surface area (Å²) in [6.45, 7) is 1.94. The van der Waals surface area contributed by atoms with Crippen LogP contribution in [-0.4, -0.2) is 34.7 Å². The van der Waals surface area contributed by atoms with Crippen LogP contribution in [0.1, 0.15) is 18.9 Å². The Balaban J connectivity index is 2.10. The smallest absolute Gasteiger partial charge is 0.416 e. The normalized spacial score (nSPS) is 18.8. The number of phenols is 1. The van der Waals surface area contributed by atoms with Gasteiger partial charge in [-0.1, -0.05) is 19.1 Å². The molecule has 1 atom stereocenters. The first-order chi connectivity index (χ1) is 8.61. The Morgan fingerprint density at radius 1 is 1.44 bits per heavy atom. The van der Waals surface area contributed by atoms with E-state index >= 15 is 0 Å². The summed E-state index contributed by atoms with van der Waals surface area (Å²) in [5.41, 5.74) is 0.949. The maximum absolute atomic E-state index is 11.7. The van der Waals surface area contributed by atoms with E-state index in [0.29, 0.717) is 6.42 Å². The standard InChI is InChI=1S/C13H15NO4/c1-2-12(16)14-10(8-18-13(14)17)7-9-3-5-11(15)6-4-9/h3-6,10,15H,2,7-8H2,1H3/t10-/m0/s1. The van der Waals surface area contributed by atoms with Crippen LogP contribution in [0.15, 0.2) is 24.3 Å². The predicted octanol–water partition coefficient (Wildman–Crippen LogP) is 1.69. The van der Waals surface area contributed by atoms with Crippen LogP contribution >= 0.6 is 0 Å². The fourth-order valence-electron chi connectivity index (χ4n) is 1.99. The van der Waals surface area contributed by atoms with Gasteiger partial charge in [-0.05, 0) is 24.1 Å². The maximum atomic E-state index is 11.7. The minimum Gasteiger partial charge on any atom is -0.508 e. The van der Waals surface area contributed by atoms with E-state index < -0.39 is 6.09 Å². The third kappa shape index (κ3) is 2.45. The topological polar surface area (TPSA) is 66.8 Å². The summed E-state index contributed by atoms with van der Waals surface area (Å²) in [4.78, 5) is 24.3. The molecule has 2 amide bonds. The zero-order valence-electron chi connectivity index (χ0n) is 10.1. The largest absolute Gasteiger partial charge is 0.508 e. The van der Waals surface area contributed by atoms with Crippen LogP contribution in [0.3, 0.4) is 0 Å². The van der Waals surface area contributed by atoms with Gasteiger partial charge in [0, 0.05) is 6.42 Å². The van der Waals surface area contributed by atoms with Crippen LogP contribution in [0.2, 0.25) is 0 Å². The number of amides is 2. The summed E-state index contributed by atoms with van der Waals surface area (Å²) in [5.74, 6) is -0.0275. The van der Waals surface area contributed by atoms with Crippen molar-refractivity contribution < 1.29 is 19.4 Å². The molecule has 1 fully saturated rings. The lowest BCUT2D eigenvalue weighted by Gasteiger charge is -2.18. The average Bonchev–Trinajstić information content (AvgIpc) is 2.72. The molecule has 0 spiro atoms. The number of ether oxygens (including phenoxy) is 1. The second-order valence-electron chi connectivity index (χ2n) is 4.22. The molecule has 18 heavy (non-hydrogen) atoms. The first kappa shape index (κ1) is 12.4. The monoisotopic (exact) mass is 249 g/mol. The van der Waals surface area contributed by atoms with E-state index in [-0.39, 0.29) is 30.7 Å².